The lowest BCUT2D eigenvalue weighted by atomic mass is 10.2. The second-order valence-electron chi connectivity index (χ2n) is 4.26. The van der Waals surface area contributed by atoms with Crippen molar-refractivity contribution in [2.75, 3.05) is 18.4 Å². The van der Waals surface area contributed by atoms with Gasteiger partial charge in [-0.2, -0.15) is 0 Å². The Balaban J connectivity index is 2.02. The van der Waals surface area contributed by atoms with Crippen LogP contribution in [0.25, 0.3) is 0 Å². The molecule has 2 amide bonds. The lowest BCUT2D eigenvalue weighted by molar-refractivity contribution is -0.116. The lowest BCUT2D eigenvalue weighted by Gasteiger charge is -2.20. The van der Waals surface area contributed by atoms with Crippen LogP contribution < -0.4 is 5.32 Å². The van der Waals surface area contributed by atoms with Crippen molar-refractivity contribution in [2.45, 2.75) is 6.92 Å². The van der Waals surface area contributed by atoms with Gasteiger partial charge in [0, 0.05) is 23.2 Å². The second-order valence-corrected chi connectivity index (χ2v) is 4.70. The fourth-order valence-corrected chi connectivity index (χ4v) is 1.95. The third-order valence-electron chi connectivity index (χ3n) is 2.78. The van der Waals surface area contributed by atoms with Crippen LogP contribution in [0.15, 0.2) is 41.1 Å². The van der Waals surface area contributed by atoms with Crippen molar-refractivity contribution in [3.8, 4) is 0 Å². The average molecular weight is 308 g/mol. The first-order valence-electron chi connectivity index (χ1n) is 6.35. The van der Waals surface area contributed by atoms with Crippen LogP contribution in [0, 0.1) is 0 Å². The van der Waals surface area contributed by atoms with Gasteiger partial charge < -0.3 is 14.7 Å². The summed E-state index contributed by atoms with van der Waals surface area (Å²) in [6.45, 7) is 2.12. The summed E-state index contributed by atoms with van der Waals surface area (Å²) in [5, 5.41) is 6.59. The molecule has 2 rings (SSSR count). The van der Waals surface area contributed by atoms with Crippen molar-refractivity contribution >= 4 is 29.2 Å². The monoisotopic (exact) mass is 307 g/mol. The highest BCUT2D eigenvalue weighted by atomic mass is 35.5. The summed E-state index contributed by atoms with van der Waals surface area (Å²) in [5.74, 6) is -0.289. The van der Waals surface area contributed by atoms with Gasteiger partial charge in [-0.1, -0.05) is 22.8 Å². The number of rotatable bonds is 5. The van der Waals surface area contributed by atoms with E-state index in [1.165, 1.54) is 17.2 Å². The van der Waals surface area contributed by atoms with Crippen molar-refractivity contribution in [2.24, 2.45) is 0 Å². The Morgan fingerprint density at radius 3 is 2.81 bits per heavy atom. The highest BCUT2D eigenvalue weighted by molar-refractivity contribution is 6.31. The first-order chi connectivity index (χ1) is 10.1. The zero-order valence-electron chi connectivity index (χ0n) is 11.4. The van der Waals surface area contributed by atoms with E-state index < -0.39 is 0 Å². The Bertz CT molecular complexity index is 628. The molecule has 0 aliphatic rings. The summed E-state index contributed by atoms with van der Waals surface area (Å²) in [7, 11) is 0. The van der Waals surface area contributed by atoms with E-state index in [2.05, 4.69) is 15.0 Å². The van der Waals surface area contributed by atoms with Gasteiger partial charge in [-0.05, 0) is 25.1 Å². The molecular weight excluding hydrogens is 294 g/mol. The van der Waals surface area contributed by atoms with Gasteiger partial charge >= 0.3 is 0 Å². The summed E-state index contributed by atoms with van der Waals surface area (Å²) >= 11 is 5.87. The predicted molar refractivity (Wildman–Crippen MR) is 78.2 cm³/mol. The first kappa shape index (κ1) is 15.1. The largest absolute Gasteiger partial charge is 0.363 e. The summed E-state index contributed by atoms with van der Waals surface area (Å²) in [4.78, 5) is 25.6. The number of benzene rings is 1. The van der Waals surface area contributed by atoms with E-state index in [-0.39, 0.29) is 18.4 Å². The number of hydrogen-bond acceptors (Lipinski definition) is 4. The molecule has 0 unspecified atom stereocenters. The maximum atomic E-state index is 12.3. The van der Waals surface area contributed by atoms with Gasteiger partial charge in [0.05, 0.1) is 0 Å². The number of likely N-dealkylation sites (N-methyl/N-ethyl adjacent to an activating group) is 1. The van der Waals surface area contributed by atoms with Crippen LogP contribution in [0.2, 0.25) is 5.02 Å². The quantitative estimate of drug-likeness (QED) is 0.920. The fraction of sp³-hybridized carbons (Fsp3) is 0.214. The molecule has 0 saturated carbocycles. The summed E-state index contributed by atoms with van der Waals surface area (Å²) in [6.07, 6.45) is 1.35. The lowest BCUT2D eigenvalue weighted by Crippen LogP contribution is -2.37. The number of halogens is 1. The molecule has 0 atom stereocenters. The highest BCUT2D eigenvalue weighted by Gasteiger charge is 2.18. The number of carbonyl (C=O) groups excluding carboxylic acids is 2. The molecule has 1 N–H and O–H groups in total. The topological polar surface area (TPSA) is 75.4 Å². The third-order valence-corrected chi connectivity index (χ3v) is 3.02. The van der Waals surface area contributed by atoms with E-state index in [1.807, 2.05) is 0 Å². The zero-order chi connectivity index (χ0) is 15.2. The zero-order valence-corrected chi connectivity index (χ0v) is 12.1. The van der Waals surface area contributed by atoms with Gasteiger partial charge in [0.25, 0.3) is 5.91 Å². The van der Waals surface area contributed by atoms with Crippen molar-refractivity contribution < 1.29 is 14.1 Å². The summed E-state index contributed by atoms with van der Waals surface area (Å²) < 4.78 is 4.62. The molecule has 1 aromatic carbocycles. The molecule has 0 saturated heterocycles. The van der Waals surface area contributed by atoms with Crippen molar-refractivity contribution in [1.29, 1.82) is 0 Å². The maximum absolute atomic E-state index is 12.3. The molecule has 0 aliphatic carbocycles. The molecule has 0 fully saturated rings. The first-order valence-corrected chi connectivity index (χ1v) is 6.73. The summed E-state index contributed by atoms with van der Waals surface area (Å²) in [6, 6.07) is 8.13. The van der Waals surface area contributed by atoms with Gasteiger partial charge in [-0.15, -0.1) is 0 Å². The minimum atomic E-state index is -0.346. The normalized spacial score (nSPS) is 10.2. The minimum Gasteiger partial charge on any atom is -0.363 e. The van der Waals surface area contributed by atoms with Crippen molar-refractivity contribution in [3.05, 3.63) is 47.2 Å². The van der Waals surface area contributed by atoms with Crippen molar-refractivity contribution in [3.63, 3.8) is 0 Å². The number of aromatic nitrogens is 1. The average Bonchev–Trinajstić information content (AvgIpc) is 2.97. The number of nitrogens with one attached hydrogen (secondary N) is 1. The Kier molecular flexibility index (Phi) is 4.94. The number of carbonyl (C=O) groups is 2. The fourth-order valence-electron chi connectivity index (χ4n) is 1.76. The van der Waals surface area contributed by atoms with Crippen LogP contribution in [-0.2, 0) is 4.79 Å². The SMILES string of the molecule is CCN(CC(=O)Nc1ccon1)C(=O)c1cccc(Cl)c1. The molecule has 0 bridgehead atoms. The molecule has 110 valence electrons. The van der Waals surface area contributed by atoms with E-state index in [4.69, 9.17) is 11.6 Å². The molecule has 1 aromatic heterocycles. The molecule has 0 spiro atoms. The van der Waals surface area contributed by atoms with Gasteiger partial charge in [-0.3, -0.25) is 9.59 Å². The van der Waals surface area contributed by atoms with Crippen LogP contribution >= 0.6 is 11.6 Å². The number of amides is 2. The standard InChI is InChI=1S/C14H14ClN3O3/c1-2-18(9-13(19)16-12-6-7-21-17-12)14(20)10-4-3-5-11(15)8-10/h3-8H,2,9H2,1H3,(H,16,17,19). The van der Waals surface area contributed by atoms with E-state index >= 15 is 0 Å². The number of nitrogens with zero attached hydrogens (tertiary/aromatic N) is 2. The van der Waals surface area contributed by atoms with Gasteiger partial charge in [-0.25, -0.2) is 0 Å². The van der Waals surface area contributed by atoms with Crippen LogP contribution in [0.5, 0.6) is 0 Å². The minimum absolute atomic E-state index is 0.0747. The Hall–Kier alpha value is -2.34. The Morgan fingerprint density at radius 1 is 1.38 bits per heavy atom. The molecule has 6 nitrogen and oxygen atoms in total. The van der Waals surface area contributed by atoms with E-state index in [0.29, 0.717) is 22.9 Å². The Labute approximate surface area is 126 Å². The molecule has 1 heterocycles. The highest BCUT2D eigenvalue weighted by Crippen LogP contribution is 2.13. The molecule has 7 heteroatoms. The Morgan fingerprint density at radius 2 is 2.19 bits per heavy atom. The van der Waals surface area contributed by atoms with Gasteiger partial charge in [0.2, 0.25) is 5.91 Å². The maximum Gasteiger partial charge on any atom is 0.254 e. The van der Waals surface area contributed by atoms with Gasteiger partial charge in [0.15, 0.2) is 5.82 Å². The predicted octanol–water partition coefficient (Wildman–Crippen LogP) is 2.43. The van der Waals surface area contributed by atoms with Crippen molar-refractivity contribution in [1.82, 2.24) is 10.1 Å². The van der Waals surface area contributed by atoms with Gasteiger partial charge in [0.1, 0.15) is 12.8 Å². The molecule has 0 radical (unpaired) electrons. The van der Waals surface area contributed by atoms with E-state index in [0.717, 1.165) is 0 Å². The van der Waals surface area contributed by atoms with Crippen LogP contribution in [-0.4, -0.2) is 35.0 Å². The van der Waals surface area contributed by atoms with Crippen LogP contribution in [0.1, 0.15) is 17.3 Å². The third kappa shape index (κ3) is 4.06. The molecular formula is C14H14ClN3O3. The van der Waals surface area contributed by atoms with E-state index in [9.17, 15) is 9.59 Å². The van der Waals surface area contributed by atoms with Crippen LogP contribution in [0.4, 0.5) is 5.82 Å². The molecule has 2 aromatic rings. The second kappa shape index (κ2) is 6.90. The smallest absolute Gasteiger partial charge is 0.254 e. The number of hydrogen-bond donors (Lipinski definition) is 1. The molecule has 0 aliphatic heterocycles. The van der Waals surface area contributed by atoms with E-state index in [1.54, 1.807) is 31.2 Å². The molecule has 21 heavy (non-hydrogen) atoms. The summed E-state index contributed by atoms with van der Waals surface area (Å²) in [5.41, 5.74) is 0.443. The number of anilines is 1. The van der Waals surface area contributed by atoms with Crippen LogP contribution in [0.3, 0.4) is 0 Å².